The third-order valence-corrected chi connectivity index (χ3v) is 5.60. The molecule has 0 saturated heterocycles. The van der Waals surface area contributed by atoms with Crippen molar-refractivity contribution in [3.63, 3.8) is 0 Å². The Hall–Kier alpha value is -2.84. The zero-order valence-corrected chi connectivity index (χ0v) is 19.7. The fourth-order valence-electron chi connectivity index (χ4n) is 3.65. The quantitative estimate of drug-likeness (QED) is 0.289. The highest BCUT2D eigenvalue weighted by molar-refractivity contribution is 5.15. The summed E-state index contributed by atoms with van der Waals surface area (Å²) >= 11 is 0. The summed E-state index contributed by atoms with van der Waals surface area (Å²) < 4.78 is 17.9. The zero-order chi connectivity index (χ0) is 24.9. The molecular formula is C29H34O6. The monoisotopic (exact) mass is 478 g/mol. The van der Waals surface area contributed by atoms with Crippen LogP contribution in [0.3, 0.4) is 0 Å². The van der Waals surface area contributed by atoms with Gasteiger partial charge < -0.3 is 29.5 Å². The molecule has 3 N–H and O–H groups in total. The van der Waals surface area contributed by atoms with E-state index in [2.05, 4.69) is 6.58 Å². The fourth-order valence-corrected chi connectivity index (χ4v) is 3.65. The number of rotatable bonds is 15. The number of ether oxygens (including phenoxy) is 3. The molecule has 186 valence electrons. The maximum Gasteiger partial charge on any atom is 0.115 e. The minimum Gasteiger partial charge on any atom is -0.388 e. The number of hydrogen-bond acceptors (Lipinski definition) is 6. The Labute approximate surface area is 207 Å². The van der Waals surface area contributed by atoms with Gasteiger partial charge in [-0.1, -0.05) is 97.1 Å². The lowest BCUT2D eigenvalue weighted by atomic mass is 9.98. The van der Waals surface area contributed by atoms with E-state index in [4.69, 9.17) is 14.2 Å². The molecule has 3 aromatic carbocycles. The predicted molar refractivity (Wildman–Crippen MR) is 134 cm³/mol. The number of aliphatic hydroxyl groups excluding tert-OH is 3. The van der Waals surface area contributed by atoms with Gasteiger partial charge in [0.15, 0.2) is 0 Å². The summed E-state index contributed by atoms with van der Waals surface area (Å²) in [5.41, 5.74) is 2.75. The minimum atomic E-state index is -1.37. The summed E-state index contributed by atoms with van der Waals surface area (Å²) in [6.07, 6.45) is -4.58. The van der Waals surface area contributed by atoms with Gasteiger partial charge >= 0.3 is 0 Å². The first-order valence-corrected chi connectivity index (χ1v) is 11.7. The van der Waals surface area contributed by atoms with Crippen molar-refractivity contribution in [1.29, 1.82) is 0 Å². The van der Waals surface area contributed by atoms with Crippen LogP contribution in [0.4, 0.5) is 0 Å². The molecule has 5 atom stereocenters. The van der Waals surface area contributed by atoms with Crippen LogP contribution in [0.15, 0.2) is 104 Å². The van der Waals surface area contributed by atoms with E-state index in [1.165, 1.54) is 6.08 Å². The minimum absolute atomic E-state index is 0.0452. The molecule has 0 aliphatic rings. The van der Waals surface area contributed by atoms with Gasteiger partial charge in [-0.25, -0.2) is 0 Å². The average Bonchev–Trinajstić information content (AvgIpc) is 2.91. The summed E-state index contributed by atoms with van der Waals surface area (Å²) in [5.74, 6) is 0. The molecule has 0 saturated carbocycles. The molecule has 0 unspecified atom stereocenters. The van der Waals surface area contributed by atoms with Crippen LogP contribution in [-0.2, 0) is 34.0 Å². The van der Waals surface area contributed by atoms with E-state index in [9.17, 15) is 15.3 Å². The third-order valence-electron chi connectivity index (χ3n) is 5.60. The number of hydrogen-bond donors (Lipinski definition) is 3. The van der Waals surface area contributed by atoms with Gasteiger partial charge in [-0.15, -0.1) is 6.58 Å². The van der Waals surface area contributed by atoms with Crippen molar-refractivity contribution in [3.8, 4) is 0 Å². The fraction of sp³-hybridized carbons (Fsp3) is 0.310. The van der Waals surface area contributed by atoms with Crippen LogP contribution in [0.5, 0.6) is 0 Å². The molecule has 0 fully saturated rings. The van der Waals surface area contributed by atoms with Gasteiger partial charge in [0.1, 0.15) is 30.5 Å². The Bertz CT molecular complexity index is 966. The van der Waals surface area contributed by atoms with E-state index in [1.54, 1.807) is 0 Å². The van der Waals surface area contributed by atoms with Gasteiger partial charge in [0.25, 0.3) is 0 Å². The molecule has 3 rings (SSSR count). The first kappa shape index (κ1) is 26.8. The van der Waals surface area contributed by atoms with Crippen molar-refractivity contribution in [3.05, 3.63) is 120 Å². The van der Waals surface area contributed by atoms with E-state index < -0.39 is 30.5 Å². The van der Waals surface area contributed by atoms with Crippen molar-refractivity contribution in [2.45, 2.75) is 50.3 Å². The summed E-state index contributed by atoms with van der Waals surface area (Å²) in [4.78, 5) is 0. The summed E-state index contributed by atoms with van der Waals surface area (Å²) in [5, 5.41) is 32.3. The van der Waals surface area contributed by atoms with Crippen molar-refractivity contribution in [1.82, 2.24) is 0 Å². The molecule has 6 heteroatoms. The average molecular weight is 479 g/mol. The van der Waals surface area contributed by atoms with Crippen LogP contribution in [0.2, 0.25) is 0 Å². The molecule has 0 amide bonds. The molecule has 0 radical (unpaired) electrons. The Morgan fingerprint density at radius 2 is 1.06 bits per heavy atom. The Morgan fingerprint density at radius 1 is 0.629 bits per heavy atom. The molecule has 35 heavy (non-hydrogen) atoms. The predicted octanol–water partition coefficient (Wildman–Crippen LogP) is 3.64. The number of aliphatic hydroxyl groups is 3. The molecule has 0 aliphatic heterocycles. The van der Waals surface area contributed by atoms with Crippen LogP contribution in [0.25, 0.3) is 0 Å². The van der Waals surface area contributed by atoms with Gasteiger partial charge in [0, 0.05) is 0 Å². The topological polar surface area (TPSA) is 88.4 Å². The van der Waals surface area contributed by atoms with Crippen molar-refractivity contribution < 1.29 is 29.5 Å². The van der Waals surface area contributed by atoms with E-state index in [1.807, 2.05) is 91.0 Å². The SMILES string of the molecule is C=C[C@H](O)[C@@H](O)[C@@H](OCc1ccccc1)[C@H](OCc1ccccc1)[C@H](O)COCc1ccccc1. The van der Waals surface area contributed by atoms with E-state index in [0.717, 1.165) is 16.7 Å². The second kappa shape index (κ2) is 14.5. The second-order valence-corrected chi connectivity index (χ2v) is 8.31. The van der Waals surface area contributed by atoms with Gasteiger partial charge in [0.2, 0.25) is 0 Å². The third kappa shape index (κ3) is 8.71. The van der Waals surface area contributed by atoms with Crippen molar-refractivity contribution >= 4 is 0 Å². The lowest BCUT2D eigenvalue weighted by molar-refractivity contribution is -0.187. The van der Waals surface area contributed by atoms with Gasteiger partial charge in [-0.2, -0.15) is 0 Å². The summed E-state index contributed by atoms with van der Waals surface area (Å²) in [7, 11) is 0. The Balaban J connectivity index is 1.76. The Kier molecular flexibility index (Phi) is 11.1. The first-order chi connectivity index (χ1) is 17.1. The largest absolute Gasteiger partial charge is 0.388 e. The normalized spacial score (nSPS) is 15.6. The molecule has 0 heterocycles. The lowest BCUT2D eigenvalue weighted by Gasteiger charge is -2.35. The Morgan fingerprint density at radius 3 is 1.51 bits per heavy atom. The van der Waals surface area contributed by atoms with E-state index >= 15 is 0 Å². The van der Waals surface area contributed by atoms with Crippen LogP contribution in [0, 0.1) is 0 Å². The van der Waals surface area contributed by atoms with E-state index in [-0.39, 0.29) is 19.8 Å². The van der Waals surface area contributed by atoms with Crippen LogP contribution in [-0.4, -0.2) is 52.4 Å². The van der Waals surface area contributed by atoms with Crippen LogP contribution in [0.1, 0.15) is 16.7 Å². The summed E-state index contributed by atoms with van der Waals surface area (Å²) in [6, 6.07) is 28.6. The standard InChI is InChI=1S/C29H34O6/c1-2-25(30)27(32)29(35-20-24-16-10-5-11-17-24)28(34-19-23-14-8-4-9-15-23)26(31)21-33-18-22-12-6-3-7-13-22/h2-17,25-32H,1,18-21H2/t25-,26+,27+,28+,29+/m0/s1. The molecule has 0 aromatic heterocycles. The molecule has 0 aliphatic carbocycles. The molecule has 3 aromatic rings. The first-order valence-electron chi connectivity index (χ1n) is 11.7. The molecule has 6 nitrogen and oxygen atoms in total. The maximum absolute atomic E-state index is 11.1. The smallest absolute Gasteiger partial charge is 0.115 e. The highest BCUT2D eigenvalue weighted by atomic mass is 16.6. The lowest BCUT2D eigenvalue weighted by Crippen LogP contribution is -2.52. The highest BCUT2D eigenvalue weighted by Crippen LogP contribution is 2.21. The zero-order valence-electron chi connectivity index (χ0n) is 19.7. The second-order valence-electron chi connectivity index (χ2n) is 8.31. The molecular weight excluding hydrogens is 444 g/mol. The van der Waals surface area contributed by atoms with Crippen molar-refractivity contribution in [2.24, 2.45) is 0 Å². The number of benzene rings is 3. The van der Waals surface area contributed by atoms with Crippen LogP contribution >= 0.6 is 0 Å². The van der Waals surface area contributed by atoms with E-state index in [0.29, 0.717) is 6.61 Å². The van der Waals surface area contributed by atoms with Gasteiger partial charge in [-0.05, 0) is 16.7 Å². The van der Waals surface area contributed by atoms with Gasteiger partial charge in [0.05, 0.1) is 26.4 Å². The van der Waals surface area contributed by atoms with Gasteiger partial charge in [-0.3, -0.25) is 0 Å². The maximum atomic E-state index is 11.1. The molecule has 0 bridgehead atoms. The summed E-state index contributed by atoms with van der Waals surface area (Å²) in [6.45, 7) is 4.19. The molecule has 0 spiro atoms. The van der Waals surface area contributed by atoms with Crippen LogP contribution < -0.4 is 0 Å². The highest BCUT2D eigenvalue weighted by Gasteiger charge is 2.38. The van der Waals surface area contributed by atoms with Crippen molar-refractivity contribution in [2.75, 3.05) is 6.61 Å².